The van der Waals surface area contributed by atoms with Crippen molar-refractivity contribution >= 4 is 23.2 Å². The molecular weight excluding hydrogens is 286 g/mol. The zero-order valence-corrected chi connectivity index (χ0v) is 12.3. The second-order valence-electron chi connectivity index (χ2n) is 5.22. The number of hydrogen-bond acceptors (Lipinski definition) is 2. The predicted octanol–water partition coefficient (Wildman–Crippen LogP) is 3.35. The summed E-state index contributed by atoms with van der Waals surface area (Å²) in [5.41, 5.74) is 2.53. The molecule has 0 saturated heterocycles. The Labute approximate surface area is 128 Å². The number of benzene rings is 2. The van der Waals surface area contributed by atoms with Crippen LogP contribution < -0.4 is 4.90 Å². The maximum atomic E-state index is 12.5. The first-order chi connectivity index (χ1) is 10.1. The number of carbonyl (C=O) groups excluding carboxylic acids is 1. The largest absolute Gasteiger partial charge is 0.388 e. The highest BCUT2D eigenvalue weighted by Gasteiger charge is 2.26. The smallest absolute Gasteiger partial charge is 0.231 e. The summed E-state index contributed by atoms with van der Waals surface area (Å²) in [6.45, 7) is 0.539. The van der Waals surface area contributed by atoms with Crippen LogP contribution in [0.25, 0.3) is 0 Å². The lowest BCUT2D eigenvalue weighted by molar-refractivity contribution is -0.118. The van der Waals surface area contributed by atoms with E-state index < -0.39 is 6.10 Å². The molecule has 0 saturated carbocycles. The minimum absolute atomic E-state index is 0.0246. The maximum Gasteiger partial charge on any atom is 0.231 e. The van der Waals surface area contributed by atoms with Crippen molar-refractivity contribution < 1.29 is 9.90 Å². The maximum absolute atomic E-state index is 12.5. The molecule has 1 amide bonds. The molecule has 0 fully saturated rings. The van der Waals surface area contributed by atoms with E-state index in [2.05, 4.69) is 0 Å². The van der Waals surface area contributed by atoms with Gasteiger partial charge >= 0.3 is 0 Å². The van der Waals surface area contributed by atoms with Gasteiger partial charge in [-0.3, -0.25) is 4.79 Å². The highest BCUT2D eigenvalue weighted by molar-refractivity contribution is 6.30. The summed E-state index contributed by atoms with van der Waals surface area (Å²) in [4.78, 5) is 14.3. The van der Waals surface area contributed by atoms with Crippen LogP contribution in [0.5, 0.6) is 0 Å². The van der Waals surface area contributed by atoms with Crippen molar-refractivity contribution in [2.75, 3.05) is 11.4 Å². The van der Waals surface area contributed by atoms with E-state index in [0.717, 1.165) is 16.8 Å². The molecule has 0 aliphatic carbocycles. The third-order valence-corrected chi connectivity index (χ3v) is 3.99. The Morgan fingerprint density at radius 1 is 1.24 bits per heavy atom. The summed E-state index contributed by atoms with van der Waals surface area (Å²) in [6.07, 6.45) is 0.389. The van der Waals surface area contributed by atoms with Crippen molar-refractivity contribution in [3.8, 4) is 0 Å². The van der Waals surface area contributed by atoms with Gasteiger partial charge in [0.15, 0.2) is 0 Å². The summed E-state index contributed by atoms with van der Waals surface area (Å²) < 4.78 is 0. The lowest BCUT2D eigenvalue weighted by Gasteiger charge is -2.32. The average Bonchev–Trinajstić information content (AvgIpc) is 2.48. The van der Waals surface area contributed by atoms with Crippen LogP contribution in [-0.2, 0) is 11.2 Å². The average molecular weight is 302 g/mol. The summed E-state index contributed by atoms with van der Waals surface area (Å²) in [5.74, 6) is 0.0246. The van der Waals surface area contributed by atoms with Crippen molar-refractivity contribution in [1.29, 1.82) is 0 Å². The van der Waals surface area contributed by atoms with Gasteiger partial charge in [-0.05, 0) is 30.2 Å². The second-order valence-corrected chi connectivity index (χ2v) is 5.65. The molecule has 108 valence electrons. The number of aliphatic hydroxyl groups is 1. The summed E-state index contributed by atoms with van der Waals surface area (Å²) in [5, 5.41) is 10.7. The van der Waals surface area contributed by atoms with Gasteiger partial charge in [0.1, 0.15) is 0 Å². The normalized spacial score (nSPS) is 17.4. The molecule has 0 aromatic heterocycles. The van der Waals surface area contributed by atoms with Gasteiger partial charge in [0, 0.05) is 22.8 Å². The zero-order chi connectivity index (χ0) is 14.8. The molecule has 1 atom stereocenters. The van der Waals surface area contributed by atoms with Crippen LogP contribution in [0, 0.1) is 0 Å². The van der Waals surface area contributed by atoms with E-state index in [9.17, 15) is 9.90 Å². The SMILES string of the molecule is O=C(Cc1cccc(Cl)c1)N1CCC(O)c2ccccc21. The third kappa shape index (κ3) is 2.94. The Morgan fingerprint density at radius 2 is 2.05 bits per heavy atom. The molecule has 0 spiro atoms. The third-order valence-electron chi connectivity index (χ3n) is 3.76. The molecule has 21 heavy (non-hydrogen) atoms. The molecule has 0 bridgehead atoms. The molecule has 2 aromatic carbocycles. The number of aliphatic hydroxyl groups excluding tert-OH is 1. The standard InChI is InChI=1S/C17H16ClNO2/c18-13-5-3-4-12(10-13)11-17(21)19-9-8-16(20)14-6-1-2-7-15(14)19/h1-7,10,16,20H,8-9,11H2. The molecule has 0 radical (unpaired) electrons. The lowest BCUT2D eigenvalue weighted by Crippen LogP contribution is -2.37. The van der Waals surface area contributed by atoms with E-state index in [4.69, 9.17) is 11.6 Å². The number of para-hydroxylation sites is 1. The summed E-state index contributed by atoms with van der Waals surface area (Å²) >= 11 is 5.96. The molecule has 4 heteroatoms. The second kappa shape index (κ2) is 5.88. The first kappa shape index (κ1) is 14.1. The van der Waals surface area contributed by atoms with E-state index in [-0.39, 0.29) is 5.91 Å². The van der Waals surface area contributed by atoms with Gasteiger partial charge in [0.2, 0.25) is 5.91 Å². The van der Waals surface area contributed by atoms with Crippen LogP contribution >= 0.6 is 11.6 Å². The number of halogens is 1. The van der Waals surface area contributed by atoms with E-state index in [0.29, 0.717) is 24.4 Å². The van der Waals surface area contributed by atoms with Crippen LogP contribution in [0.15, 0.2) is 48.5 Å². The first-order valence-electron chi connectivity index (χ1n) is 6.97. The highest BCUT2D eigenvalue weighted by Crippen LogP contribution is 2.33. The number of amides is 1. The quantitative estimate of drug-likeness (QED) is 0.924. The fourth-order valence-corrected chi connectivity index (χ4v) is 2.93. The molecule has 1 N–H and O–H groups in total. The summed E-state index contributed by atoms with van der Waals surface area (Å²) in [6, 6.07) is 14.9. The summed E-state index contributed by atoms with van der Waals surface area (Å²) in [7, 11) is 0. The van der Waals surface area contributed by atoms with E-state index in [1.165, 1.54) is 0 Å². The highest BCUT2D eigenvalue weighted by atomic mass is 35.5. The zero-order valence-electron chi connectivity index (χ0n) is 11.5. The van der Waals surface area contributed by atoms with Crippen molar-refractivity contribution in [2.45, 2.75) is 18.9 Å². The van der Waals surface area contributed by atoms with Gasteiger partial charge in [-0.15, -0.1) is 0 Å². The minimum atomic E-state index is -0.489. The number of fused-ring (bicyclic) bond motifs is 1. The molecule has 1 aliphatic rings. The van der Waals surface area contributed by atoms with Gasteiger partial charge in [-0.1, -0.05) is 41.9 Å². The van der Waals surface area contributed by atoms with Gasteiger partial charge in [0.05, 0.1) is 12.5 Å². The first-order valence-corrected chi connectivity index (χ1v) is 7.35. The molecule has 1 heterocycles. The van der Waals surface area contributed by atoms with Gasteiger partial charge in [-0.25, -0.2) is 0 Å². The van der Waals surface area contributed by atoms with E-state index in [1.807, 2.05) is 42.5 Å². The van der Waals surface area contributed by atoms with Crippen LogP contribution in [0.2, 0.25) is 5.02 Å². The predicted molar refractivity (Wildman–Crippen MR) is 83.5 cm³/mol. The minimum Gasteiger partial charge on any atom is -0.388 e. The van der Waals surface area contributed by atoms with Crippen molar-refractivity contribution in [1.82, 2.24) is 0 Å². The van der Waals surface area contributed by atoms with Gasteiger partial charge < -0.3 is 10.0 Å². The number of nitrogens with zero attached hydrogens (tertiary/aromatic N) is 1. The van der Waals surface area contributed by atoms with E-state index in [1.54, 1.807) is 11.0 Å². The lowest BCUT2D eigenvalue weighted by atomic mass is 9.98. The van der Waals surface area contributed by atoms with E-state index >= 15 is 0 Å². The van der Waals surface area contributed by atoms with Crippen LogP contribution in [-0.4, -0.2) is 17.6 Å². The fourth-order valence-electron chi connectivity index (χ4n) is 2.72. The number of anilines is 1. The molecule has 2 aromatic rings. The van der Waals surface area contributed by atoms with Gasteiger partial charge in [0.25, 0.3) is 0 Å². The Balaban J connectivity index is 1.84. The van der Waals surface area contributed by atoms with Crippen molar-refractivity contribution in [2.24, 2.45) is 0 Å². The Morgan fingerprint density at radius 3 is 2.86 bits per heavy atom. The number of hydrogen-bond donors (Lipinski definition) is 1. The molecule has 3 nitrogen and oxygen atoms in total. The topological polar surface area (TPSA) is 40.5 Å². The Kier molecular flexibility index (Phi) is 3.95. The van der Waals surface area contributed by atoms with Crippen molar-refractivity contribution in [3.63, 3.8) is 0 Å². The van der Waals surface area contributed by atoms with Gasteiger partial charge in [-0.2, -0.15) is 0 Å². The Bertz CT molecular complexity index is 671. The van der Waals surface area contributed by atoms with Crippen LogP contribution in [0.1, 0.15) is 23.7 Å². The van der Waals surface area contributed by atoms with Crippen molar-refractivity contribution in [3.05, 3.63) is 64.7 Å². The molecule has 1 unspecified atom stereocenters. The fraction of sp³-hybridized carbons (Fsp3) is 0.235. The molecule has 1 aliphatic heterocycles. The monoisotopic (exact) mass is 301 g/mol. The van der Waals surface area contributed by atoms with Crippen LogP contribution in [0.3, 0.4) is 0 Å². The molecular formula is C17H16ClNO2. The molecule has 3 rings (SSSR count). The number of rotatable bonds is 2. The van der Waals surface area contributed by atoms with Crippen LogP contribution in [0.4, 0.5) is 5.69 Å². The number of carbonyl (C=O) groups is 1. The Hall–Kier alpha value is -1.84.